The molecule has 0 aliphatic carbocycles. The fourth-order valence-corrected chi connectivity index (χ4v) is 1.85. The zero-order valence-electron chi connectivity index (χ0n) is 5.26. The summed E-state index contributed by atoms with van der Waals surface area (Å²) in [5.74, 6) is -0.265. The van der Waals surface area contributed by atoms with E-state index in [-0.39, 0.29) is 5.97 Å². The number of hydrogen-bond acceptors (Lipinski definition) is 3. The summed E-state index contributed by atoms with van der Waals surface area (Å²) in [7, 11) is 1.38. The Morgan fingerprint density at radius 3 is 2.90 bits per heavy atom. The fraction of sp³-hybridized carbons (Fsp3) is 0.167. The van der Waals surface area contributed by atoms with E-state index in [9.17, 15) is 4.79 Å². The highest BCUT2D eigenvalue weighted by Crippen LogP contribution is 2.16. The quantitative estimate of drug-likeness (QED) is 0.576. The van der Waals surface area contributed by atoms with Gasteiger partial charge in [-0.25, -0.2) is 4.79 Å². The Balaban J connectivity index is 2.85. The number of rotatable bonds is 1. The van der Waals surface area contributed by atoms with Gasteiger partial charge in [-0.15, -0.1) is 11.3 Å². The summed E-state index contributed by atoms with van der Waals surface area (Å²) < 4.78 is 5.61. The van der Waals surface area contributed by atoms with Gasteiger partial charge >= 0.3 is 5.97 Å². The number of hydrogen-bond donors (Lipinski definition) is 0. The van der Waals surface area contributed by atoms with Crippen molar-refractivity contribution >= 4 is 39.9 Å². The molecule has 0 aliphatic heterocycles. The second-order valence-electron chi connectivity index (χ2n) is 1.63. The number of ether oxygens (including phenoxy) is 1. The highest BCUT2D eigenvalue weighted by atomic mass is 127. The first kappa shape index (κ1) is 8.00. The van der Waals surface area contributed by atoms with Crippen LogP contribution >= 0.6 is 33.9 Å². The molecule has 4 heteroatoms. The summed E-state index contributed by atoms with van der Waals surface area (Å²) in [6.07, 6.45) is 0. The van der Waals surface area contributed by atoms with Gasteiger partial charge in [0.05, 0.1) is 15.6 Å². The molecular weight excluding hydrogens is 263 g/mol. The van der Waals surface area contributed by atoms with E-state index in [1.807, 2.05) is 0 Å². The Hall–Kier alpha value is -0.100. The maximum Gasteiger partial charge on any atom is 0.338 e. The van der Waals surface area contributed by atoms with Crippen molar-refractivity contribution in [1.82, 2.24) is 0 Å². The van der Waals surface area contributed by atoms with Crippen molar-refractivity contribution in [2.75, 3.05) is 7.11 Å². The molecule has 1 aromatic heterocycles. The third kappa shape index (κ3) is 1.69. The maximum absolute atomic E-state index is 10.8. The monoisotopic (exact) mass is 268 g/mol. The van der Waals surface area contributed by atoms with Crippen LogP contribution in [0.5, 0.6) is 0 Å². The van der Waals surface area contributed by atoms with Gasteiger partial charge in [-0.1, -0.05) is 0 Å². The predicted octanol–water partition coefficient (Wildman–Crippen LogP) is 2.14. The molecule has 1 heterocycles. The molecule has 1 rings (SSSR count). The Morgan fingerprint density at radius 2 is 2.50 bits per heavy atom. The van der Waals surface area contributed by atoms with Crippen LogP contribution in [0.3, 0.4) is 0 Å². The number of carbonyl (C=O) groups excluding carboxylic acids is 1. The average molecular weight is 268 g/mol. The molecule has 0 atom stereocenters. The molecule has 0 unspecified atom stereocenters. The lowest BCUT2D eigenvalue weighted by atomic mass is 10.4. The molecule has 1 aromatic rings. The van der Waals surface area contributed by atoms with E-state index in [1.165, 1.54) is 18.4 Å². The third-order valence-electron chi connectivity index (χ3n) is 0.989. The molecule has 54 valence electrons. The van der Waals surface area contributed by atoms with E-state index < -0.39 is 0 Å². The summed E-state index contributed by atoms with van der Waals surface area (Å²) in [6, 6.07) is 1.80. The molecule has 0 saturated carbocycles. The second kappa shape index (κ2) is 3.34. The first-order chi connectivity index (χ1) is 4.74. The van der Waals surface area contributed by atoms with E-state index in [2.05, 4.69) is 27.3 Å². The molecule has 0 aromatic carbocycles. The number of carbonyl (C=O) groups is 1. The third-order valence-corrected chi connectivity index (χ3v) is 2.78. The SMILES string of the molecule is COC(=O)c1csc(I)c1. The average Bonchev–Trinajstić information content (AvgIpc) is 2.34. The van der Waals surface area contributed by atoms with Gasteiger partial charge in [-0.3, -0.25) is 0 Å². The van der Waals surface area contributed by atoms with Gasteiger partial charge in [-0.2, -0.15) is 0 Å². The van der Waals surface area contributed by atoms with Crippen molar-refractivity contribution in [1.29, 1.82) is 0 Å². The fourth-order valence-electron chi connectivity index (χ4n) is 0.535. The van der Waals surface area contributed by atoms with Crippen LogP contribution in [0.1, 0.15) is 10.4 Å². The Kier molecular flexibility index (Phi) is 2.67. The lowest BCUT2D eigenvalue weighted by molar-refractivity contribution is 0.0601. The topological polar surface area (TPSA) is 26.3 Å². The first-order valence-electron chi connectivity index (χ1n) is 2.56. The normalized spacial score (nSPS) is 9.40. The number of thiophene rings is 1. The van der Waals surface area contributed by atoms with Crippen LogP contribution in [0.4, 0.5) is 0 Å². The van der Waals surface area contributed by atoms with Crippen LogP contribution in [-0.4, -0.2) is 13.1 Å². The lowest BCUT2D eigenvalue weighted by Crippen LogP contribution is -1.97. The molecule has 10 heavy (non-hydrogen) atoms. The van der Waals surface area contributed by atoms with Crippen molar-refractivity contribution in [3.8, 4) is 0 Å². The van der Waals surface area contributed by atoms with Crippen molar-refractivity contribution < 1.29 is 9.53 Å². The highest BCUT2D eigenvalue weighted by molar-refractivity contribution is 14.1. The standard InChI is InChI=1S/C6H5IO2S/c1-9-6(8)4-2-5(7)10-3-4/h2-3H,1H3. The smallest absolute Gasteiger partial charge is 0.338 e. The Bertz CT molecular complexity index is 244. The van der Waals surface area contributed by atoms with Crippen LogP contribution in [-0.2, 0) is 4.74 Å². The van der Waals surface area contributed by atoms with Crippen LogP contribution in [0.25, 0.3) is 0 Å². The first-order valence-corrected chi connectivity index (χ1v) is 4.52. The zero-order chi connectivity index (χ0) is 7.56. The van der Waals surface area contributed by atoms with Gasteiger partial charge in [-0.05, 0) is 28.7 Å². The molecule has 0 saturated heterocycles. The largest absolute Gasteiger partial charge is 0.465 e. The molecule has 0 aliphatic rings. The summed E-state index contributed by atoms with van der Waals surface area (Å²) in [4.78, 5) is 10.8. The number of halogens is 1. The molecule has 0 fully saturated rings. The minimum Gasteiger partial charge on any atom is -0.465 e. The number of esters is 1. The van der Waals surface area contributed by atoms with E-state index in [4.69, 9.17) is 0 Å². The molecule has 0 bridgehead atoms. The van der Waals surface area contributed by atoms with E-state index in [0.29, 0.717) is 5.56 Å². The summed E-state index contributed by atoms with van der Waals surface area (Å²) >= 11 is 3.69. The minimum absolute atomic E-state index is 0.265. The summed E-state index contributed by atoms with van der Waals surface area (Å²) in [5.41, 5.74) is 0.636. The minimum atomic E-state index is -0.265. The lowest BCUT2D eigenvalue weighted by Gasteiger charge is -1.90. The molecular formula is C6H5IO2S. The molecule has 2 nitrogen and oxygen atoms in total. The Morgan fingerprint density at radius 1 is 1.80 bits per heavy atom. The van der Waals surface area contributed by atoms with Gasteiger partial charge < -0.3 is 4.74 Å². The highest BCUT2D eigenvalue weighted by Gasteiger charge is 2.05. The van der Waals surface area contributed by atoms with Crippen LogP contribution in [0, 0.1) is 2.88 Å². The van der Waals surface area contributed by atoms with Crippen LogP contribution < -0.4 is 0 Å². The molecule has 0 spiro atoms. The van der Waals surface area contributed by atoms with Crippen LogP contribution in [0.2, 0.25) is 0 Å². The van der Waals surface area contributed by atoms with Gasteiger partial charge in [0.25, 0.3) is 0 Å². The molecule has 0 radical (unpaired) electrons. The Labute approximate surface area is 76.3 Å². The van der Waals surface area contributed by atoms with Gasteiger partial charge in [0.1, 0.15) is 0 Å². The van der Waals surface area contributed by atoms with E-state index in [0.717, 1.165) is 2.88 Å². The van der Waals surface area contributed by atoms with E-state index >= 15 is 0 Å². The van der Waals surface area contributed by atoms with Crippen molar-refractivity contribution in [3.63, 3.8) is 0 Å². The summed E-state index contributed by atoms with van der Waals surface area (Å²) in [5, 5.41) is 1.79. The van der Waals surface area contributed by atoms with Gasteiger partial charge in [0, 0.05) is 5.38 Å². The van der Waals surface area contributed by atoms with Crippen molar-refractivity contribution in [2.45, 2.75) is 0 Å². The van der Waals surface area contributed by atoms with Crippen LogP contribution in [0.15, 0.2) is 11.4 Å². The molecule has 0 N–H and O–H groups in total. The summed E-state index contributed by atoms with van der Waals surface area (Å²) in [6.45, 7) is 0. The number of methoxy groups -OCH3 is 1. The molecule has 0 amide bonds. The second-order valence-corrected chi connectivity index (χ2v) is 4.44. The van der Waals surface area contributed by atoms with Crippen molar-refractivity contribution in [3.05, 3.63) is 19.9 Å². The zero-order valence-corrected chi connectivity index (χ0v) is 8.23. The van der Waals surface area contributed by atoms with Crippen molar-refractivity contribution in [2.24, 2.45) is 0 Å². The van der Waals surface area contributed by atoms with E-state index in [1.54, 1.807) is 11.4 Å². The van der Waals surface area contributed by atoms with Gasteiger partial charge in [0.15, 0.2) is 0 Å². The predicted molar refractivity (Wildman–Crippen MR) is 48.4 cm³/mol. The van der Waals surface area contributed by atoms with Gasteiger partial charge in [0.2, 0.25) is 0 Å². The maximum atomic E-state index is 10.8.